The number of carboxylic acid groups (broad SMARTS) is 1. The quantitative estimate of drug-likeness (QED) is 0.742. The predicted octanol–water partition coefficient (Wildman–Crippen LogP) is 3.56. The van der Waals surface area contributed by atoms with Gasteiger partial charge in [-0.05, 0) is 62.9 Å². The van der Waals surface area contributed by atoms with Gasteiger partial charge in [0.15, 0.2) is 0 Å². The number of halogens is 2. The molecule has 0 aliphatic rings. The summed E-state index contributed by atoms with van der Waals surface area (Å²) in [5.74, 6) is -0.0853. The van der Waals surface area contributed by atoms with Gasteiger partial charge in [0, 0.05) is 6.54 Å². The molecule has 0 aromatic heterocycles. The molecular weight excluding hydrogens is 378 g/mol. The highest BCUT2D eigenvalue weighted by Crippen LogP contribution is 2.34. The van der Waals surface area contributed by atoms with Crippen molar-refractivity contribution in [1.82, 2.24) is 5.32 Å². The summed E-state index contributed by atoms with van der Waals surface area (Å²) in [6, 6.07) is 3.28. The Labute approximate surface area is 129 Å². The Morgan fingerprint density at radius 2 is 2.00 bits per heavy atom. The lowest BCUT2D eigenvalue weighted by Crippen LogP contribution is -2.33. The van der Waals surface area contributed by atoms with Crippen LogP contribution in [0.2, 0.25) is 0 Å². The average Bonchev–Trinajstić information content (AvgIpc) is 2.34. The summed E-state index contributed by atoms with van der Waals surface area (Å²) in [5.41, 5.74) is 0.982. The normalized spacial score (nSPS) is 12.2. The Kier molecular flexibility index (Phi) is 6.82. The molecule has 1 atom stereocenters. The van der Waals surface area contributed by atoms with E-state index in [0.29, 0.717) is 13.2 Å². The predicted molar refractivity (Wildman–Crippen MR) is 81.6 cm³/mol. The van der Waals surface area contributed by atoms with Crippen LogP contribution >= 0.6 is 31.9 Å². The zero-order valence-corrected chi connectivity index (χ0v) is 14.0. The second-order valence-corrected chi connectivity index (χ2v) is 5.89. The number of hydrogen-bond acceptors (Lipinski definition) is 3. The van der Waals surface area contributed by atoms with Gasteiger partial charge >= 0.3 is 5.97 Å². The van der Waals surface area contributed by atoms with Crippen LogP contribution in [0.5, 0.6) is 5.75 Å². The van der Waals surface area contributed by atoms with Crippen LogP contribution in [0.1, 0.15) is 25.8 Å². The molecule has 0 bridgehead atoms. The molecule has 0 amide bonds. The second-order valence-electron chi connectivity index (χ2n) is 4.18. The maximum atomic E-state index is 10.7. The van der Waals surface area contributed by atoms with Gasteiger partial charge in [0.2, 0.25) is 0 Å². The molecule has 0 saturated heterocycles. The van der Waals surface area contributed by atoms with Gasteiger partial charge in [-0.1, -0.05) is 6.92 Å². The summed E-state index contributed by atoms with van der Waals surface area (Å²) in [4.78, 5) is 10.7. The van der Waals surface area contributed by atoms with Crippen molar-refractivity contribution < 1.29 is 14.6 Å². The molecule has 0 radical (unpaired) electrons. The van der Waals surface area contributed by atoms with E-state index in [0.717, 1.165) is 26.7 Å². The minimum absolute atomic E-state index is 0.485. The van der Waals surface area contributed by atoms with Gasteiger partial charge in [0.1, 0.15) is 11.8 Å². The molecule has 0 heterocycles. The zero-order valence-electron chi connectivity index (χ0n) is 10.9. The topological polar surface area (TPSA) is 58.6 Å². The van der Waals surface area contributed by atoms with Crippen LogP contribution in [0, 0.1) is 0 Å². The van der Waals surface area contributed by atoms with Crippen LogP contribution in [0.25, 0.3) is 0 Å². The average molecular weight is 395 g/mol. The van der Waals surface area contributed by atoms with Crippen molar-refractivity contribution in [2.45, 2.75) is 32.9 Å². The van der Waals surface area contributed by atoms with Gasteiger partial charge in [-0.2, -0.15) is 0 Å². The van der Waals surface area contributed by atoms with E-state index >= 15 is 0 Å². The molecule has 6 heteroatoms. The summed E-state index contributed by atoms with van der Waals surface area (Å²) >= 11 is 6.93. The largest absolute Gasteiger partial charge is 0.491 e. The van der Waals surface area contributed by atoms with Crippen LogP contribution in [0.3, 0.4) is 0 Å². The minimum atomic E-state index is -0.860. The van der Waals surface area contributed by atoms with Gasteiger partial charge in [-0.3, -0.25) is 4.79 Å². The monoisotopic (exact) mass is 393 g/mol. The molecule has 0 fully saturated rings. The van der Waals surface area contributed by atoms with Crippen molar-refractivity contribution in [3.05, 3.63) is 26.6 Å². The Morgan fingerprint density at radius 3 is 2.47 bits per heavy atom. The maximum absolute atomic E-state index is 10.7. The van der Waals surface area contributed by atoms with Crippen molar-refractivity contribution >= 4 is 37.8 Å². The Balaban J connectivity index is 2.74. The van der Waals surface area contributed by atoms with E-state index in [1.807, 2.05) is 19.1 Å². The molecule has 1 aromatic carbocycles. The summed E-state index contributed by atoms with van der Waals surface area (Å²) in [5, 5.41) is 11.7. The smallest absolute Gasteiger partial charge is 0.320 e. The number of hydrogen-bond donors (Lipinski definition) is 2. The van der Waals surface area contributed by atoms with E-state index in [9.17, 15) is 4.79 Å². The van der Waals surface area contributed by atoms with E-state index in [-0.39, 0.29) is 0 Å². The number of nitrogens with one attached hydrogen (secondary N) is 1. The first-order chi connectivity index (χ1) is 8.95. The highest BCUT2D eigenvalue weighted by Gasteiger charge is 2.12. The molecule has 1 unspecified atom stereocenters. The molecule has 0 spiro atoms. The van der Waals surface area contributed by atoms with Crippen molar-refractivity contribution in [2.75, 3.05) is 6.61 Å². The molecular formula is C13H17Br2NO3. The first-order valence-corrected chi connectivity index (χ1v) is 7.61. The Hall–Kier alpha value is -0.590. The molecule has 1 aromatic rings. The van der Waals surface area contributed by atoms with Crippen molar-refractivity contribution in [3.63, 3.8) is 0 Å². The number of rotatable bonds is 7. The van der Waals surface area contributed by atoms with E-state index in [2.05, 4.69) is 37.2 Å². The molecule has 19 heavy (non-hydrogen) atoms. The summed E-state index contributed by atoms with van der Waals surface area (Å²) < 4.78 is 7.34. The highest BCUT2D eigenvalue weighted by atomic mass is 79.9. The molecule has 4 nitrogen and oxygen atoms in total. The molecule has 0 aliphatic carbocycles. The molecule has 0 saturated carbocycles. The van der Waals surface area contributed by atoms with Crippen LogP contribution in [-0.2, 0) is 11.3 Å². The van der Waals surface area contributed by atoms with Gasteiger partial charge in [-0.25, -0.2) is 0 Å². The first kappa shape index (κ1) is 16.5. The number of aliphatic carboxylic acids is 1. The summed E-state index contributed by atoms with van der Waals surface area (Å²) in [6.07, 6.45) is 0.943. The maximum Gasteiger partial charge on any atom is 0.320 e. The van der Waals surface area contributed by atoms with Gasteiger partial charge in [-0.15, -0.1) is 0 Å². The van der Waals surface area contributed by atoms with E-state index in [1.165, 1.54) is 0 Å². The number of ether oxygens (including phenoxy) is 1. The van der Waals surface area contributed by atoms with Gasteiger partial charge in [0.25, 0.3) is 0 Å². The number of carbonyl (C=O) groups is 1. The first-order valence-electron chi connectivity index (χ1n) is 6.02. The second kappa shape index (κ2) is 7.87. The summed E-state index contributed by atoms with van der Waals surface area (Å²) in [7, 11) is 0. The van der Waals surface area contributed by atoms with Gasteiger partial charge < -0.3 is 15.2 Å². The third-order valence-electron chi connectivity index (χ3n) is 2.49. The van der Waals surface area contributed by atoms with Gasteiger partial charge in [0.05, 0.1) is 15.6 Å². The number of benzene rings is 1. The van der Waals surface area contributed by atoms with E-state index < -0.39 is 12.0 Å². The van der Waals surface area contributed by atoms with Crippen molar-refractivity contribution in [3.8, 4) is 5.75 Å². The SMILES string of the molecule is CCCOc1c(Br)cc(CNC(C)C(=O)O)cc1Br. The zero-order chi connectivity index (χ0) is 14.4. The molecule has 0 aliphatic heterocycles. The van der Waals surface area contributed by atoms with Crippen LogP contribution < -0.4 is 10.1 Å². The Bertz CT molecular complexity index is 429. The van der Waals surface area contributed by atoms with Crippen LogP contribution in [0.4, 0.5) is 0 Å². The van der Waals surface area contributed by atoms with E-state index in [1.54, 1.807) is 6.92 Å². The van der Waals surface area contributed by atoms with E-state index in [4.69, 9.17) is 9.84 Å². The fourth-order valence-corrected chi connectivity index (χ4v) is 2.92. The lowest BCUT2D eigenvalue weighted by Gasteiger charge is -2.13. The molecule has 1 rings (SSSR count). The van der Waals surface area contributed by atoms with Crippen molar-refractivity contribution in [2.24, 2.45) is 0 Å². The third kappa shape index (κ3) is 5.12. The lowest BCUT2D eigenvalue weighted by molar-refractivity contribution is -0.139. The minimum Gasteiger partial charge on any atom is -0.491 e. The number of carboxylic acids is 1. The fourth-order valence-electron chi connectivity index (χ4n) is 1.41. The third-order valence-corrected chi connectivity index (χ3v) is 3.67. The highest BCUT2D eigenvalue weighted by molar-refractivity contribution is 9.11. The lowest BCUT2D eigenvalue weighted by atomic mass is 10.2. The van der Waals surface area contributed by atoms with Crippen LogP contribution in [0.15, 0.2) is 21.1 Å². The van der Waals surface area contributed by atoms with Crippen molar-refractivity contribution in [1.29, 1.82) is 0 Å². The summed E-state index contributed by atoms with van der Waals surface area (Å²) in [6.45, 7) is 4.81. The Morgan fingerprint density at radius 1 is 1.42 bits per heavy atom. The molecule has 2 N–H and O–H groups in total. The molecule has 106 valence electrons. The van der Waals surface area contributed by atoms with Crippen LogP contribution in [-0.4, -0.2) is 23.7 Å². The fraction of sp³-hybridized carbons (Fsp3) is 0.462. The standard InChI is InChI=1S/C13H17Br2NO3/c1-3-4-19-12-10(14)5-9(6-11(12)15)7-16-8(2)13(17)18/h5-6,8,16H,3-4,7H2,1-2H3,(H,17,18).